The summed E-state index contributed by atoms with van der Waals surface area (Å²) in [5.41, 5.74) is 2.46. The van der Waals surface area contributed by atoms with Crippen molar-refractivity contribution in [2.75, 3.05) is 11.9 Å². The number of benzene rings is 3. The molecule has 6 rings (SSSR count). The molecule has 2 aliphatic heterocycles. The predicted octanol–water partition coefficient (Wildman–Crippen LogP) is 7.19. The first-order valence-electron chi connectivity index (χ1n) is 14.1. The Labute approximate surface area is 253 Å². The van der Waals surface area contributed by atoms with E-state index in [-0.39, 0.29) is 28.5 Å². The molecular formula is C32H31Cl2FN4O3. The number of carboxylic acid groups (broad SMARTS) is 1. The number of nitrogens with zero attached hydrogens (tertiary/aromatic N) is 3. The van der Waals surface area contributed by atoms with E-state index in [0.29, 0.717) is 40.8 Å². The summed E-state index contributed by atoms with van der Waals surface area (Å²) in [5.74, 6) is -1.65. The molecule has 1 fully saturated rings. The highest BCUT2D eigenvalue weighted by molar-refractivity contribution is 6.31. The summed E-state index contributed by atoms with van der Waals surface area (Å²) in [6.45, 7) is 5.58. The molecule has 0 bridgehead atoms. The Bertz CT molecular complexity index is 1690. The molecule has 3 heterocycles. The molecule has 4 atom stereocenters. The van der Waals surface area contributed by atoms with E-state index in [1.807, 2.05) is 0 Å². The summed E-state index contributed by atoms with van der Waals surface area (Å²) >= 11 is 12.5. The molecule has 4 aromatic rings. The van der Waals surface area contributed by atoms with Gasteiger partial charge in [-0.3, -0.25) is 9.69 Å². The first kappa shape index (κ1) is 28.6. The van der Waals surface area contributed by atoms with Crippen LogP contribution in [0.1, 0.15) is 60.3 Å². The van der Waals surface area contributed by atoms with Crippen molar-refractivity contribution in [2.24, 2.45) is 5.92 Å². The molecule has 0 radical (unpaired) electrons. The van der Waals surface area contributed by atoms with Gasteiger partial charge in [0.2, 0.25) is 5.91 Å². The summed E-state index contributed by atoms with van der Waals surface area (Å²) in [7, 11) is 0. The number of fused-ring (bicyclic) bond motifs is 5. The number of anilines is 1. The number of imidazole rings is 1. The van der Waals surface area contributed by atoms with Gasteiger partial charge in [-0.15, -0.1) is 0 Å². The molecule has 1 saturated heterocycles. The summed E-state index contributed by atoms with van der Waals surface area (Å²) < 4.78 is 18.0. The number of amides is 1. The fourth-order valence-corrected chi connectivity index (χ4v) is 7.09. The molecule has 7 nitrogen and oxygen atoms in total. The summed E-state index contributed by atoms with van der Waals surface area (Å²) in [6, 6.07) is 16.0. The van der Waals surface area contributed by atoms with Crippen molar-refractivity contribution in [1.29, 1.82) is 0 Å². The van der Waals surface area contributed by atoms with Gasteiger partial charge in [0.15, 0.2) is 0 Å². The van der Waals surface area contributed by atoms with Crippen molar-refractivity contribution in [3.63, 3.8) is 0 Å². The second-order valence-electron chi connectivity index (χ2n) is 11.5. The first-order chi connectivity index (χ1) is 20.1. The van der Waals surface area contributed by atoms with Crippen molar-refractivity contribution in [2.45, 2.75) is 57.2 Å². The maximum absolute atomic E-state index is 15.9. The molecule has 2 aliphatic rings. The first-order valence-corrected chi connectivity index (χ1v) is 14.9. The quantitative estimate of drug-likeness (QED) is 0.232. The zero-order chi connectivity index (χ0) is 29.7. The smallest absolute Gasteiger partial charge is 0.335 e. The monoisotopic (exact) mass is 608 g/mol. The number of carbonyl (C=O) groups excluding carboxylic acids is 1. The number of carbonyl (C=O) groups is 2. The Morgan fingerprint density at radius 1 is 1.10 bits per heavy atom. The SMILES string of the molecule is CC(C)CCN1[C@H]2CCn3c(nc4cc(C(=O)O)ccc43)[C@H]2[C@H](c2cccc(Cl)c2F)[C@@H]1C(=O)Nc1cccc(Cl)c1. The minimum atomic E-state index is -1.03. The predicted molar refractivity (Wildman–Crippen MR) is 162 cm³/mol. The van der Waals surface area contributed by atoms with E-state index in [2.05, 4.69) is 28.6 Å². The number of aryl methyl sites for hydroxylation is 1. The number of halogens is 3. The average molecular weight is 610 g/mol. The van der Waals surface area contributed by atoms with Crippen LogP contribution in [0, 0.1) is 11.7 Å². The van der Waals surface area contributed by atoms with Crippen LogP contribution < -0.4 is 5.32 Å². The lowest BCUT2D eigenvalue weighted by atomic mass is 9.78. The normalized spacial score (nSPS) is 21.9. The van der Waals surface area contributed by atoms with Crippen LogP contribution in [0.2, 0.25) is 10.0 Å². The molecule has 0 spiro atoms. The van der Waals surface area contributed by atoms with Gasteiger partial charge in [-0.25, -0.2) is 14.2 Å². The van der Waals surface area contributed by atoms with E-state index in [1.54, 1.807) is 54.6 Å². The van der Waals surface area contributed by atoms with E-state index >= 15 is 4.39 Å². The average Bonchev–Trinajstić information content (AvgIpc) is 3.48. The minimum absolute atomic E-state index is 0.00547. The zero-order valence-electron chi connectivity index (χ0n) is 23.2. The standard InChI is InChI=1S/C32H31Cl2FN4O3/c1-17(2)11-13-38-25-12-14-39-24-10-9-18(32(41)42)15-23(24)37-30(39)27(25)26(21-7-4-8-22(34)28(21)35)29(38)31(40)36-20-6-3-5-19(33)16-20/h3-10,15-17,25-27,29H,11-14H2,1-2H3,(H,36,40)(H,41,42)/t25-,26-,27+,29+/m0/s1. The van der Waals surface area contributed by atoms with Gasteiger partial charge in [0.05, 0.1) is 27.7 Å². The molecule has 0 saturated carbocycles. The second-order valence-corrected chi connectivity index (χ2v) is 12.4. The van der Waals surface area contributed by atoms with E-state index in [0.717, 1.165) is 24.2 Å². The molecule has 42 heavy (non-hydrogen) atoms. The molecule has 2 N–H and O–H groups in total. The third-order valence-corrected chi connectivity index (χ3v) is 9.09. The van der Waals surface area contributed by atoms with Crippen molar-refractivity contribution >= 4 is 51.8 Å². The maximum atomic E-state index is 15.9. The molecule has 0 unspecified atom stereocenters. The third-order valence-electron chi connectivity index (χ3n) is 8.56. The Morgan fingerprint density at radius 2 is 1.88 bits per heavy atom. The van der Waals surface area contributed by atoms with Crippen LogP contribution in [0.4, 0.5) is 10.1 Å². The topological polar surface area (TPSA) is 87.5 Å². The van der Waals surface area contributed by atoms with Gasteiger partial charge in [0.1, 0.15) is 11.6 Å². The van der Waals surface area contributed by atoms with E-state index in [9.17, 15) is 14.7 Å². The Balaban J connectivity index is 1.53. The minimum Gasteiger partial charge on any atom is -0.478 e. The lowest BCUT2D eigenvalue weighted by Crippen LogP contribution is -2.46. The van der Waals surface area contributed by atoms with Gasteiger partial charge in [-0.1, -0.05) is 55.2 Å². The van der Waals surface area contributed by atoms with Crippen molar-refractivity contribution in [3.05, 3.63) is 93.5 Å². The Hall–Kier alpha value is -3.46. The summed E-state index contributed by atoms with van der Waals surface area (Å²) in [5, 5.41) is 13.1. The maximum Gasteiger partial charge on any atom is 0.335 e. The van der Waals surface area contributed by atoms with Gasteiger partial charge in [-0.2, -0.15) is 0 Å². The molecule has 1 amide bonds. The second kappa shape index (κ2) is 11.3. The van der Waals surface area contributed by atoms with Crippen LogP contribution in [0.5, 0.6) is 0 Å². The number of rotatable bonds is 7. The highest BCUT2D eigenvalue weighted by Crippen LogP contribution is 2.52. The summed E-state index contributed by atoms with van der Waals surface area (Å²) in [4.78, 5) is 33.1. The number of carboxylic acids is 1. The van der Waals surface area contributed by atoms with Crippen LogP contribution in [0.3, 0.4) is 0 Å². The van der Waals surface area contributed by atoms with Crippen molar-refractivity contribution in [3.8, 4) is 0 Å². The highest BCUT2D eigenvalue weighted by Gasteiger charge is 2.56. The van der Waals surface area contributed by atoms with Crippen LogP contribution >= 0.6 is 23.2 Å². The summed E-state index contributed by atoms with van der Waals surface area (Å²) in [6.07, 6.45) is 1.58. The third kappa shape index (κ3) is 5.06. The molecule has 1 aromatic heterocycles. The fraction of sp³-hybridized carbons (Fsp3) is 0.344. The molecule has 3 aromatic carbocycles. The van der Waals surface area contributed by atoms with Gasteiger partial charge in [0.25, 0.3) is 0 Å². The lowest BCUT2D eigenvalue weighted by Gasteiger charge is -2.34. The number of likely N-dealkylation sites (tertiary alicyclic amines) is 1. The largest absolute Gasteiger partial charge is 0.478 e. The Morgan fingerprint density at radius 3 is 2.62 bits per heavy atom. The number of nitrogens with one attached hydrogen (secondary N) is 1. The number of hydrogen-bond acceptors (Lipinski definition) is 4. The molecule has 0 aliphatic carbocycles. The van der Waals surface area contributed by atoms with Gasteiger partial charge < -0.3 is 15.0 Å². The molecule has 10 heteroatoms. The lowest BCUT2D eigenvalue weighted by molar-refractivity contribution is -0.121. The van der Waals surface area contributed by atoms with Crippen LogP contribution in [-0.2, 0) is 11.3 Å². The number of aromatic carboxylic acids is 1. The van der Waals surface area contributed by atoms with Crippen molar-refractivity contribution < 1.29 is 19.1 Å². The zero-order valence-corrected chi connectivity index (χ0v) is 24.7. The van der Waals surface area contributed by atoms with Crippen molar-refractivity contribution in [1.82, 2.24) is 14.5 Å². The van der Waals surface area contributed by atoms with Crippen LogP contribution in [0.15, 0.2) is 60.7 Å². The van der Waals surface area contributed by atoms with E-state index in [1.165, 1.54) is 6.07 Å². The molecule has 218 valence electrons. The molecular weight excluding hydrogens is 578 g/mol. The van der Waals surface area contributed by atoms with E-state index < -0.39 is 23.7 Å². The van der Waals surface area contributed by atoms with Crippen LogP contribution in [0.25, 0.3) is 11.0 Å². The van der Waals surface area contributed by atoms with E-state index in [4.69, 9.17) is 28.2 Å². The van der Waals surface area contributed by atoms with Gasteiger partial charge >= 0.3 is 5.97 Å². The highest BCUT2D eigenvalue weighted by atomic mass is 35.5. The number of hydrogen-bond donors (Lipinski definition) is 2. The number of aromatic nitrogens is 2. The fourth-order valence-electron chi connectivity index (χ4n) is 6.71. The van der Waals surface area contributed by atoms with Gasteiger partial charge in [0, 0.05) is 35.1 Å². The van der Waals surface area contributed by atoms with Gasteiger partial charge in [-0.05, 0) is 73.3 Å². The van der Waals surface area contributed by atoms with Crippen LogP contribution in [-0.4, -0.2) is 50.1 Å². The Kier molecular flexibility index (Phi) is 7.72.